The summed E-state index contributed by atoms with van der Waals surface area (Å²) in [4.78, 5) is 35.0. The zero-order chi connectivity index (χ0) is 39.7. The Hall–Kier alpha value is -8.07. The maximum Gasteiger partial charge on any atom is 0.247 e. The van der Waals surface area contributed by atoms with E-state index in [1.165, 1.54) is 18.2 Å². The van der Waals surface area contributed by atoms with Crippen LogP contribution in [0.2, 0.25) is 0 Å². The summed E-state index contributed by atoms with van der Waals surface area (Å²) < 4.78 is 5.32. The van der Waals surface area contributed by atoms with Crippen LogP contribution in [0, 0.1) is 0 Å². The molecule has 0 unspecified atom stereocenters. The van der Waals surface area contributed by atoms with Gasteiger partial charge in [0, 0.05) is 33.8 Å². The number of hydrogen-bond donors (Lipinski definition) is 3. The molecule has 0 atom stereocenters. The van der Waals surface area contributed by atoms with Gasteiger partial charge in [0.2, 0.25) is 17.7 Å². The molecule has 0 saturated carbocycles. The summed E-state index contributed by atoms with van der Waals surface area (Å²) in [6, 6.07) is 28.3. The summed E-state index contributed by atoms with van der Waals surface area (Å²) in [5.41, 5.74) is 9.51. The molecule has 3 aromatic heterocycles. The lowest BCUT2D eigenvalue weighted by atomic mass is 10.0. The van der Waals surface area contributed by atoms with E-state index in [9.17, 15) is 14.4 Å². The fourth-order valence-electron chi connectivity index (χ4n) is 5.95. The molecule has 57 heavy (non-hydrogen) atoms. The van der Waals surface area contributed by atoms with Crippen molar-refractivity contribution in [1.29, 1.82) is 0 Å². The lowest BCUT2D eigenvalue weighted by Crippen LogP contribution is -2.07. The van der Waals surface area contributed by atoms with Crippen molar-refractivity contribution in [2.24, 2.45) is 0 Å². The first kappa shape index (κ1) is 37.3. The summed E-state index contributed by atoms with van der Waals surface area (Å²) in [7, 11) is 0. The number of nitrogens with zero attached hydrogens (tertiary/aromatic N) is 9. The largest absolute Gasteiger partial charge is 0.323 e. The van der Waals surface area contributed by atoms with E-state index in [-0.39, 0.29) is 17.7 Å². The van der Waals surface area contributed by atoms with E-state index in [4.69, 9.17) is 0 Å². The van der Waals surface area contributed by atoms with Gasteiger partial charge in [-0.15, -0.1) is 15.3 Å². The van der Waals surface area contributed by atoms with Crippen LogP contribution in [-0.4, -0.2) is 62.7 Å². The van der Waals surface area contributed by atoms with Crippen LogP contribution >= 0.6 is 0 Å². The van der Waals surface area contributed by atoms with E-state index < -0.39 is 0 Å². The third kappa shape index (κ3) is 9.54. The van der Waals surface area contributed by atoms with Crippen molar-refractivity contribution in [3.05, 3.63) is 164 Å². The third-order valence-electron chi connectivity index (χ3n) is 8.66. The Kier molecular flexibility index (Phi) is 11.1. The zero-order valence-corrected chi connectivity index (χ0v) is 30.6. The van der Waals surface area contributed by atoms with Gasteiger partial charge < -0.3 is 16.0 Å². The number of nitrogens with one attached hydrogen (secondary N) is 3. The molecule has 7 aromatic rings. The van der Waals surface area contributed by atoms with Gasteiger partial charge in [-0.2, -0.15) is 0 Å². The molecule has 4 aromatic carbocycles. The average molecular weight is 757 g/mol. The van der Waals surface area contributed by atoms with Crippen molar-refractivity contribution in [2.45, 2.75) is 19.6 Å². The van der Waals surface area contributed by atoms with Crippen molar-refractivity contribution in [3.8, 4) is 33.8 Å². The normalized spacial score (nSPS) is 10.7. The number of benzene rings is 4. The molecule has 0 spiro atoms. The molecule has 3 heterocycles. The molecule has 15 nitrogen and oxygen atoms in total. The van der Waals surface area contributed by atoms with Crippen LogP contribution in [-0.2, 0) is 34.0 Å². The fourth-order valence-corrected chi connectivity index (χ4v) is 5.95. The predicted molar refractivity (Wildman–Crippen MR) is 217 cm³/mol. The van der Waals surface area contributed by atoms with Crippen molar-refractivity contribution >= 4 is 34.8 Å². The first-order chi connectivity index (χ1) is 27.7. The maximum absolute atomic E-state index is 11.7. The van der Waals surface area contributed by atoms with Gasteiger partial charge in [0.1, 0.15) is 17.1 Å². The van der Waals surface area contributed by atoms with Crippen LogP contribution in [0.4, 0.5) is 17.1 Å². The van der Waals surface area contributed by atoms with Crippen LogP contribution in [0.25, 0.3) is 33.8 Å². The molecule has 0 saturated heterocycles. The Morgan fingerprint density at radius 2 is 0.719 bits per heavy atom. The quantitative estimate of drug-likeness (QED) is 0.106. The van der Waals surface area contributed by atoms with Crippen LogP contribution in [0.5, 0.6) is 0 Å². The van der Waals surface area contributed by atoms with Crippen molar-refractivity contribution in [3.63, 3.8) is 0 Å². The Morgan fingerprint density at radius 3 is 0.965 bits per heavy atom. The van der Waals surface area contributed by atoms with Gasteiger partial charge in [0.25, 0.3) is 0 Å². The molecule has 0 aliphatic rings. The average Bonchev–Trinajstić information content (AvgIpc) is 4.01. The van der Waals surface area contributed by atoms with E-state index in [0.29, 0.717) is 53.8 Å². The van der Waals surface area contributed by atoms with Crippen molar-refractivity contribution < 1.29 is 14.4 Å². The number of carbonyl (C=O) groups is 3. The SMILES string of the molecule is C=CC(=O)Nc1ccc(-c2cn(Cc3cc(Cn4cc(-c5ccc(NC(=O)C=C)cc5)nn4)cc(Cn4cc(-c5ccc(NC(=O)C=C)cc5)nn4)c3)nn2)cc1. The second-order valence-electron chi connectivity index (χ2n) is 12.9. The lowest BCUT2D eigenvalue weighted by Gasteiger charge is -2.10. The highest BCUT2D eigenvalue weighted by molar-refractivity contribution is 6.00. The second kappa shape index (κ2) is 16.9. The van der Waals surface area contributed by atoms with Crippen molar-refractivity contribution in [2.75, 3.05) is 16.0 Å². The summed E-state index contributed by atoms with van der Waals surface area (Å²) in [6.07, 6.45) is 9.28. The number of amides is 3. The summed E-state index contributed by atoms with van der Waals surface area (Å²) in [5.74, 6) is -0.852. The number of aromatic nitrogens is 9. The standard InChI is InChI=1S/C42H36N12O3/c1-4-40(55)43-34-13-7-31(8-14-34)37-25-52(49-46-37)22-28-19-29(23-53-26-38(47-50-53)32-9-15-35(16-10-32)44-41(56)5-2)21-30(20-28)24-54-27-39(48-51-54)33-11-17-36(18-12-33)45-42(57)6-3/h4-21,25-27H,1-3,22-24H2,(H,43,55)(H,44,56)(H,45,57). The first-order valence-electron chi connectivity index (χ1n) is 17.7. The Morgan fingerprint density at radius 1 is 0.456 bits per heavy atom. The van der Waals surface area contributed by atoms with E-state index in [0.717, 1.165) is 33.4 Å². The zero-order valence-electron chi connectivity index (χ0n) is 30.6. The van der Waals surface area contributed by atoms with E-state index in [2.05, 4.69) is 84.8 Å². The molecule has 0 radical (unpaired) electrons. The predicted octanol–water partition coefficient (Wildman–Crippen LogP) is 5.98. The Labute approximate surface area is 327 Å². The van der Waals surface area contributed by atoms with Gasteiger partial charge in [-0.25, -0.2) is 14.0 Å². The fraction of sp³-hybridized carbons (Fsp3) is 0.0714. The molecule has 3 N–H and O–H groups in total. The molecular formula is C42H36N12O3. The minimum absolute atomic E-state index is 0.284. The van der Waals surface area contributed by atoms with Crippen LogP contribution in [0.3, 0.4) is 0 Å². The van der Waals surface area contributed by atoms with Gasteiger partial charge in [-0.3, -0.25) is 14.4 Å². The number of rotatable bonds is 15. The smallest absolute Gasteiger partial charge is 0.247 e. The van der Waals surface area contributed by atoms with Crippen LogP contribution in [0.1, 0.15) is 16.7 Å². The molecule has 0 bridgehead atoms. The molecule has 0 fully saturated rings. The van der Waals surface area contributed by atoms with Gasteiger partial charge in [0.15, 0.2) is 0 Å². The maximum atomic E-state index is 11.7. The number of carbonyl (C=O) groups excluding carboxylic acids is 3. The van der Waals surface area contributed by atoms with Gasteiger partial charge >= 0.3 is 0 Å². The van der Waals surface area contributed by atoms with E-state index in [1.54, 1.807) is 50.4 Å². The highest BCUT2D eigenvalue weighted by Gasteiger charge is 2.12. The molecule has 282 valence electrons. The third-order valence-corrected chi connectivity index (χ3v) is 8.66. The topological polar surface area (TPSA) is 179 Å². The second-order valence-corrected chi connectivity index (χ2v) is 12.9. The summed E-state index contributed by atoms with van der Waals surface area (Å²) in [6.45, 7) is 11.8. The van der Waals surface area contributed by atoms with Gasteiger partial charge in [0.05, 0.1) is 38.2 Å². The Balaban J connectivity index is 1.11. The monoisotopic (exact) mass is 756 g/mol. The van der Waals surface area contributed by atoms with Crippen LogP contribution in [0.15, 0.2) is 148 Å². The molecular weight excluding hydrogens is 721 g/mol. The first-order valence-corrected chi connectivity index (χ1v) is 17.7. The highest BCUT2D eigenvalue weighted by Crippen LogP contribution is 2.23. The van der Waals surface area contributed by atoms with E-state index in [1.807, 2.05) is 55.0 Å². The molecule has 0 aliphatic heterocycles. The molecule has 15 heteroatoms. The highest BCUT2D eigenvalue weighted by atomic mass is 16.2. The minimum Gasteiger partial charge on any atom is -0.323 e. The van der Waals surface area contributed by atoms with Crippen LogP contribution < -0.4 is 16.0 Å². The molecule has 3 amide bonds. The van der Waals surface area contributed by atoms with E-state index >= 15 is 0 Å². The minimum atomic E-state index is -0.284. The summed E-state index contributed by atoms with van der Waals surface area (Å²) >= 11 is 0. The summed E-state index contributed by atoms with van der Waals surface area (Å²) in [5, 5.41) is 34.6. The molecule has 7 rings (SSSR count). The number of anilines is 3. The molecule has 0 aliphatic carbocycles. The lowest BCUT2D eigenvalue weighted by molar-refractivity contribution is -0.112. The Bertz CT molecular complexity index is 2290. The van der Waals surface area contributed by atoms with Gasteiger partial charge in [-0.1, -0.05) is 90.0 Å². The number of hydrogen-bond acceptors (Lipinski definition) is 9. The van der Waals surface area contributed by atoms with Crippen molar-refractivity contribution in [1.82, 2.24) is 45.0 Å². The van der Waals surface area contributed by atoms with Gasteiger partial charge in [-0.05, 0) is 71.3 Å².